The van der Waals surface area contributed by atoms with Crippen LogP contribution in [-0.4, -0.2) is 36.0 Å². The van der Waals surface area contributed by atoms with Gasteiger partial charge in [-0.3, -0.25) is 4.79 Å². The van der Waals surface area contributed by atoms with Crippen molar-refractivity contribution in [2.24, 2.45) is 0 Å². The zero-order valence-electron chi connectivity index (χ0n) is 12.5. The molecule has 2 atom stereocenters. The summed E-state index contributed by atoms with van der Waals surface area (Å²) in [5.41, 5.74) is -0.353. The maximum atomic E-state index is 11.7. The lowest BCUT2D eigenvalue weighted by Crippen LogP contribution is -2.36. The molecule has 21 heavy (non-hydrogen) atoms. The minimum atomic E-state index is -0.773. The van der Waals surface area contributed by atoms with E-state index in [0.717, 1.165) is 6.42 Å². The average molecular weight is 294 g/mol. The second-order valence-electron chi connectivity index (χ2n) is 5.87. The Hall–Kier alpha value is -1.43. The molecule has 0 bridgehead atoms. The van der Waals surface area contributed by atoms with E-state index in [1.54, 1.807) is 6.92 Å². The van der Waals surface area contributed by atoms with Gasteiger partial charge in [0.2, 0.25) is 0 Å². The van der Waals surface area contributed by atoms with Gasteiger partial charge in [-0.25, -0.2) is 9.78 Å². The number of carbonyl (C=O) groups is 1. The Bertz CT molecular complexity index is 475. The zero-order valence-corrected chi connectivity index (χ0v) is 12.5. The SMILES string of the molecule is COC(=O)C[C@@]1(CCc2ccccc2)C[C@](C)(CO)OO1. The Balaban J connectivity index is 2.08. The van der Waals surface area contributed by atoms with Crippen molar-refractivity contribution in [3.63, 3.8) is 0 Å². The molecule has 0 aromatic heterocycles. The van der Waals surface area contributed by atoms with Crippen LogP contribution < -0.4 is 0 Å². The maximum absolute atomic E-state index is 11.7. The summed E-state index contributed by atoms with van der Waals surface area (Å²) >= 11 is 0. The topological polar surface area (TPSA) is 65.0 Å². The van der Waals surface area contributed by atoms with Crippen LogP contribution in [0.25, 0.3) is 0 Å². The summed E-state index contributed by atoms with van der Waals surface area (Å²) in [7, 11) is 1.36. The highest BCUT2D eigenvalue weighted by atomic mass is 17.2. The van der Waals surface area contributed by atoms with Gasteiger partial charge in [-0.2, -0.15) is 0 Å². The summed E-state index contributed by atoms with van der Waals surface area (Å²) in [6.45, 7) is 1.62. The normalized spacial score (nSPS) is 28.5. The van der Waals surface area contributed by atoms with Gasteiger partial charge in [0.05, 0.1) is 20.1 Å². The van der Waals surface area contributed by atoms with Crippen LogP contribution in [0.5, 0.6) is 0 Å². The highest BCUT2D eigenvalue weighted by Gasteiger charge is 2.50. The van der Waals surface area contributed by atoms with Crippen molar-refractivity contribution in [2.75, 3.05) is 13.7 Å². The summed E-state index contributed by atoms with van der Waals surface area (Å²) in [5, 5.41) is 9.41. The van der Waals surface area contributed by atoms with Gasteiger partial charge in [-0.05, 0) is 25.3 Å². The molecule has 0 saturated carbocycles. The molecule has 0 spiro atoms. The van der Waals surface area contributed by atoms with Crippen molar-refractivity contribution in [3.8, 4) is 0 Å². The second-order valence-corrected chi connectivity index (χ2v) is 5.87. The van der Waals surface area contributed by atoms with Crippen molar-refractivity contribution in [1.82, 2.24) is 0 Å². The Labute approximate surface area is 124 Å². The molecule has 1 fully saturated rings. The summed E-state index contributed by atoms with van der Waals surface area (Å²) in [6.07, 6.45) is 1.97. The number of aryl methyl sites for hydroxylation is 1. The first-order valence-electron chi connectivity index (χ1n) is 7.09. The highest BCUT2D eigenvalue weighted by molar-refractivity contribution is 5.70. The number of hydrogen-bond acceptors (Lipinski definition) is 5. The van der Waals surface area contributed by atoms with Crippen LogP contribution in [0, 0.1) is 0 Å². The average Bonchev–Trinajstić information content (AvgIpc) is 2.84. The number of aliphatic hydroxyl groups is 1. The highest BCUT2D eigenvalue weighted by Crippen LogP contribution is 2.41. The van der Waals surface area contributed by atoms with Gasteiger partial charge < -0.3 is 9.84 Å². The summed E-state index contributed by atoms with van der Waals surface area (Å²) in [5.74, 6) is -0.339. The third-order valence-electron chi connectivity index (χ3n) is 3.86. The van der Waals surface area contributed by atoms with Crippen molar-refractivity contribution in [2.45, 2.75) is 43.8 Å². The Morgan fingerprint density at radius 3 is 2.62 bits per heavy atom. The molecular formula is C16H22O5. The zero-order chi connectivity index (χ0) is 15.3. The molecule has 1 saturated heterocycles. The molecule has 1 aromatic rings. The Morgan fingerprint density at radius 1 is 1.33 bits per heavy atom. The molecule has 1 heterocycles. The van der Waals surface area contributed by atoms with E-state index in [0.29, 0.717) is 12.8 Å². The predicted molar refractivity (Wildman–Crippen MR) is 76.4 cm³/mol. The molecule has 1 N–H and O–H groups in total. The number of aliphatic hydroxyl groups excluding tert-OH is 1. The van der Waals surface area contributed by atoms with E-state index >= 15 is 0 Å². The molecule has 0 amide bonds. The van der Waals surface area contributed by atoms with Gasteiger partial charge in [-0.1, -0.05) is 30.3 Å². The van der Waals surface area contributed by atoms with Gasteiger partial charge in [-0.15, -0.1) is 0 Å². The predicted octanol–water partition coefficient (Wildman–Crippen LogP) is 2.02. The molecule has 0 aliphatic carbocycles. The summed E-state index contributed by atoms with van der Waals surface area (Å²) in [6, 6.07) is 9.99. The molecule has 5 heteroatoms. The molecule has 2 rings (SSSR count). The van der Waals surface area contributed by atoms with Gasteiger partial charge in [0.15, 0.2) is 0 Å². The number of methoxy groups -OCH3 is 1. The molecule has 1 aliphatic heterocycles. The monoisotopic (exact) mass is 294 g/mol. The first kappa shape index (κ1) is 15.9. The molecule has 116 valence electrons. The minimum absolute atomic E-state index is 0.117. The number of esters is 1. The molecule has 5 nitrogen and oxygen atoms in total. The minimum Gasteiger partial charge on any atom is -0.469 e. The van der Waals surface area contributed by atoms with Gasteiger partial charge in [0.1, 0.15) is 11.2 Å². The fourth-order valence-corrected chi connectivity index (χ4v) is 2.67. The number of benzene rings is 1. The quantitative estimate of drug-likeness (QED) is 0.642. The third kappa shape index (κ3) is 4.03. The maximum Gasteiger partial charge on any atom is 0.308 e. The van der Waals surface area contributed by atoms with E-state index in [-0.39, 0.29) is 19.0 Å². The lowest BCUT2D eigenvalue weighted by molar-refractivity contribution is -0.352. The summed E-state index contributed by atoms with van der Waals surface area (Å²) < 4.78 is 4.75. The number of hydrogen-bond donors (Lipinski definition) is 1. The van der Waals surface area contributed by atoms with Crippen LogP contribution >= 0.6 is 0 Å². The van der Waals surface area contributed by atoms with Crippen LogP contribution in [0.3, 0.4) is 0 Å². The number of ether oxygens (including phenoxy) is 1. The van der Waals surface area contributed by atoms with Gasteiger partial charge in [0, 0.05) is 6.42 Å². The Morgan fingerprint density at radius 2 is 2.05 bits per heavy atom. The number of rotatable bonds is 6. The lowest BCUT2D eigenvalue weighted by Gasteiger charge is -2.25. The van der Waals surface area contributed by atoms with Crippen molar-refractivity contribution in [1.29, 1.82) is 0 Å². The lowest BCUT2D eigenvalue weighted by atomic mass is 9.83. The van der Waals surface area contributed by atoms with Crippen LogP contribution in [0.4, 0.5) is 0 Å². The molecular weight excluding hydrogens is 272 g/mol. The summed E-state index contributed by atoms with van der Waals surface area (Å²) in [4.78, 5) is 22.4. The van der Waals surface area contributed by atoms with Crippen LogP contribution in [0.15, 0.2) is 30.3 Å². The van der Waals surface area contributed by atoms with E-state index in [2.05, 4.69) is 0 Å². The van der Waals surface area contributed by atoms with E-state index in [1.165, 1.54) is 12.7 Å². The second kappa shape index (κ2) is 6.56. The first-order chi connectivity index (χ1) is 10.0. The molecule has 0 unspecified atom stereocenters. The van der Waals surface area contributed by atoms with E-state index in [4.69, 9.17) is 14.5 Å². The van der Waals surface area contributed by atoms with Crippen LogP contribution in [0.2, 0.25) is 0 Å². The molecule has 1 aromatic carbocycles. The van der Waals surface area contributed by atoms with Gasteiger partial charge in [0.25, 0.3) is 0 Å². The van der Waals surface area contributed by atoms with E-state index in [1.807, 2.05) is 30.3 Å². The molecule has 0 radical (unpaired) electrons. The van der Waals surface area contributed by atoms with Gasteiger partial charge >= 0.3 is 5.97 Å². The Kier molecular flexibility index (Phi) is 4.98. The van der Waals surface area contributed by atoms with Crippen molar-refractivity contribution < 1.29 is 24.4 Å². The van der Waals surface area contributed by atoms with Crippen molar-refractivity contribution >= 4 is 5.97 Å². The van der Waals surface area contributed by atoms with E-state index < -0.39 is 11.2 Å². The fourth-order valence-electron chi connectivity index (χ4n) is 2.67. The third-order valence-corrected chi connectivity index (χ3v) is 3.86. The smallest absolute Gasteiger partial charge is 0.308 e. The van der Waals surface area contributed by atoms with Crippen LogP contribution in [-0.2, 0) is 25.7 Å². The standard InChI is InChI=1S/C16H22O5/c1-15(12-17)11-16(21-20-15,10-14(18)19-2)9-8-13-6-4-3-5-7-13/h3-7,17H,8-12H2,1-2H3/t15-,16+/m1/s1. The van der Waals surface area contributed by atoms with Crippen molar-refractivity contribution in [3.05, 3.63) is 35.9 Å². The number of carbonyl (C=O) groups excluding carboxylic acids is 1. The fraction of sp³-hybridized carbons (Fsp3) is 0.562. The molecule has 1 aliphatic rings. The first-order valence-corrected chi connectivity index (χ1v) is 7.09. The van der Waals surface area contributed by atoms with Crippen LogP contribution in [0.1, 0.15) is 31.7 Å². The van der Waals surface area contributed by atoms with E-state index in [9.17, 15) is 9.90 Å². The largest absolute Gasteiger partial charge is 0.469 e.